The molecule has 1 aromatic heterocycles. The third-order valence-corrected chi connectivity index (χ3v) is 5.53. The van der Waals surface area contributed by atoms with Crippen molar-refractivity contribution in [2.75, 3.05) is 5.32 Å². The van der Waals surface area contributed by atoms with Crippen molar-refractivity contribution in [2.45, 2.75) is 59.2 Å². The summed E-state index contributed by atoms with van der Waals surface area (Å²) in [5.74, 6) is -2.28. The summed E-state index contributed by atoms with van der Waals surface area (Å²) in [6.07, 6.45) is 1.14. The molecule has 2 aromatic carbocycles. The number of nitrogens with one attached hydrogen (secondary N) is 1. The summed E-state index contributed by atoms with van der Waals surface area (Å²) in [5, 5.41) is 16.9. The van der Waals surface area contributed by atoms with E-state index in [9.17, 15) is 19.1 Å². The fourth-order valence-corrected chi connectivity index (χ4v) is 3.76. The van der Waals surface area contributed by atoms with Crippen LogP contribution in [0.15, 0.2) is 35.1 Å². The standard InChI is InChI=1S/C25H30F2N4O4/c1-7-9-15(3)35-20-13-19(31-24(33)30(6)23(29-31)25(4,5)34)18(27)12-16(20)22(32)28-21-14(2)10-8-11-17(21)26/h8,10-13,15,34H,7,9H2,1-6H3,(H,28,32)/t15-/m0/s1. The molecule has 188 valence electrons. The second-order valence-corrected chi connectivity index (χ2v) is 9.04. The van der Waals surface area contributed by atoms with Crippen LogP contribution in [-0.4, -0.2) is 31.5 Å². The van der Waals surface area contributed by atoms with E-state index in [0.717, 1.165) is 21.7 Å². The van der Waals surface area contributed by atoms with Gasteiger partial charge in [0.2, 0.25) is 0 Å². The number of aromatic nitrogens is 3. The summed E-state index contributed by atoms with van der Waals surface area (Å²) in [5.41, 5.74) is -2.08. The molecule has 0 saturated carbocycles. The number of aliphatic hydroxyl groups is 1. The molecule has 35 heavy (non-hydrogen) atoms. The summed E-state index contributed by atoms with van der Waals surface area (Å²) in [4.78, 5) is 25.9. The summed E-state index contributed by atoms with van der Waals surface area (Å²) in [6.45, 7) is 8.31. The van der Waals surface area contributed by atoms with Gasteiger partial charge in [-0.3, -0.25) is 9.36 Å². The van der Waals surface area contributed by atoms with E-state index in [-0.39, 0.29) is 34.6 Å². The quantitative estimate of drug-likeness (QED) is 0.495. The summed E-state index contributed by atoms with van der Waals surface area (Å²) >= 11 is 0. The van der Waals surface area contributed by atoms with Crippen molar-refractivity contribution in [3.8, 4) is 11.4 Å². The molecular formula is C25H30F2N4O4. The van der Waals surface area contributed by atoms with Crippen LogP contribution in [0.2, 0.25) is 0 Å². The van der Waals surface area contributed by atoms with Crippen molar-refractivity contribution in [1.29, 1.82) is 0 Å². The smallest absolute Gasteiger partial charge is 0.350 e. The van der Waals surface area contributed by atoms with Crippen LogP contribution in [0.1, 0.15) is 62.3 Å². The first kappa shape index (κ1) is 26.1. The topological polar surface area (TPSA) is 98.4 Å². The van der Waals surface area contributed by atoms with Gasteiger partial charge in [0.15, 0.2) is 5.82 Å². The van der Waals surface area contributed by atoms with E-state index in [1.165, 1.54) is 39.1 Å². The number of ether oxygens (including phenoxy) is 1. The summed E-state index contributed by atoms with van der Waals surface area (Å²) < 4.78 is 37.5. The Morgan fingerprint density at radius 3 is 2.51 bits per heavy atom. The lowest BCUT2D eigenvalue weighted by molar-refractivity contribution is 0.0649. The van der Waals surface area contributed by atoms with Crippen molar-refractivity contribution in [2.24, 2.45) is 7.05 Å². The molecule has 10 heteroatoms. The van der Waals surface area contributed by atoms with Gasteiger partial charge >= 0.3 is 5.69 Å². The van der Waals surface area contributed by atoms with Gasteiger partial charge in [0.25, 0.3) is 5.91 Å². The van der Waals surface area contributed by atoms with Gasteiger partial charge in [0, 0.05) is 13.1 Å². The average molecular weight is 489 g/mol. The van der Waals surface area contributed by atoms with Crippen molar-refractivity contribution in [3.63, 3.8) is 0 Å². The molecule has 0 bridgehead atoms. The van der Waals surface area contributed by atoms with Crippen LogP contribution in [-0.2, 0) is 12.6 Å². The van der Waals surface area contributed by atoms with Gasteiger partial charge in [-0.05, 0) is 51.8 Å². The molecular weight excluding hydrogens is 458 g/mol. The minimum Gasteiger partial charge on any atom is -0.490 e. The maximum atomic E-state index is 15.3. The molecule has 3 aromatic rings. The number of carbonyl (C=O) groups excluding carboxylic acids is 1. The van der Waals surface area contributed by atoms with Crippen LogP contribution in [0.4, 0.5) is 14.5 Å². The lowest BCUT2D eigenvalue weighted by Crippen LogP contribution is -2.26. The highest BCUT2D eigenvalue weighted by Gasteiger charge is 2.28. The predicted octanol–water partition coefficient (Wildman–Crippen LogP) is 4.20. The molecule has 3 rings (SSSR count). The van der Waals surface area contributed by atoms with E-state index >= 15 is 4.39 Å². The second kappa shape index (κ2) is 9.99. The second-order valence-electron chi connectivity index (χ2n) is 9.04. The third-order valence-electron chi connectivity index (χ3n) is 5.53. The number of rotatable bonds is 8. The Hall–Kier alpha value is -3.53. The number of hydrogen-bond donors (Lipinski definition) is 2. The Kier molecular flexibility index (Phi) is 7.44. The zero-order valence-corrected chi connectivity index (χ0v) is 20.6. The highest BCUT2D eigenvalue weighted by Crippen LogP contribution is 2.29. The number of carbonyl (C=O) groups is 1. The molecule has 2 N–H and O–H groups in total. The van der Waals surface area contributed by atoms with Crippen LogP contribution in [0.5, 0.6) is 5.75 Å². The van der Waals surface area contributed by atoms with Crippen LogP contribution in [0, 0.1) is 18.6 Å². The van der Waals surface area contributed by atoms with E-state index < -0.39 is 28.8 Å². The van der Waals surface area contributed by atoms with E-state index in [2.05, 4.69) is 10.4 Å². The van der Waals surface area contributed by atoms with Gasteiger partial charge in [-0.15, -0.1) is 5.10 Å². The molecule has 0 spiro atoms. The van der Waals surface area contributed by atoms with Gasteiger partial charge < -0.3 is 15.2 Å². The molecule has 1 amide bonds. The molecule has 0 fully saturated rings. The van der Waals surface area contributed by atoms with Crippen LogP contribution in [0.3, 0.4) is 0 Å². The number of amides is 1. The van der Waals surface area contributed by atoms with Crippen molar-refractivity contribution in [3.05, 3.63) is 69.4 Å². The summed E-state index contributed by atoms with van der Waals surface area (Å²) in [7, 11) is 1.41. The zero-order valence-electron chi connectivity index (χ0n) is 20.6. The van der Waals surface area contributed by atoms with Gasteiger partial charge in [-0.1, -0.05) is 25.5 Å². The first-order chi connectivity index (χ1) is 16.3. The molecule has 0 radical (unpaired) electrons. The lowest BCUT2D eigenvalue weighted by atomic mass is 10.1. The lowest BCUT2D eigenvalue weighted by Gasteiger charge is -2.19. The Labute approximate surface area is 202 Å². The van der Waals surface area contributed by atoms with Crippen molar-refractivity contribution in [1.82, 2.24) is 14.3 Å². The molecule has 0 unspecified atom stereocenters. The highest BCUT2D eigenvalue weighted by molar-refractivity contribution is 6.06. The highest BCUT2D eigenvalue weighted by atomic mass is 19.1. The number of benzene rings is 2. The SMILES string of the molecule is CCC[C@H](C)Oc1cc(-n2nc(C(C)(C)O)n(C)c2=O)c(F)cc1C(=O)Nc1c(C)cccc1F. The number of anilines is 1. The number of nitrogens with zero attached hydrogens (tertiary/aromatic N) is 3. The molecule has 0 saturated heterocycles. The molecule has 0 aliphatic carbocycles. The molecule has 0 aliphatic rings. The van der Waals surface area contributed by atoms with E-state index in [1.54, 1.807) is 19.9 Å². The minimum absolute atomic E-state index is 0.0104. The third kappa shape index (κ3) is 5.43. The van der Waals surface area contributed by atoms with Crippen molar-refractivity contribution >= 4 is 11.6 Å². The van der Waals surface area contributed by atoms with Gasteiger partial charge in [-0.25, -0.2) is 13.6 Å². The number of hydrogen-bond acceptors (Lipinski definition) is 5. The van der Waals surface area contributed by atoms with Crippen molar-refractivity contribution < 1.29 is 23.4 Å². The van der Waals surface area contributed by atoms with Crippen LogP contribution < -0.4 is 15.7 Å². The van der Waals surface area contributed by atoms with Gasteiger partial charge in [-0.2, -0.15) is 4.68 Å². The number of para-hydroxylation sites is 1. The minimum atomic E-state index is -1.46. The average Bonchev–Trinajstić information content (AvgIpc) is 3.06. The number of halogens is 2. The van der Waals surface area contributed by atoms with Crippen LogP contribution in [0.25, 0.3) is 5.69 Å². The Morgan fingerprint density at radius 2 is 1.94 bits per heavy atom. The monoisotopic (exact) mass is 488 g/mol. The Balaban J connectivity index is 2.14. The molecule has 8 nitrogen and oxygen atoms in total. The molecule has 0 aliphatic heterocycles. The first-order valence-corrected chi connectivity index (χ1v) is 11.3. The number of aryl methyl sites for hydroxylation is 1. The normalized spacial score (nSPS) is 12.5. The van der Waals surface area contributed by atoms with Gasteiger partial charge in [0.05, 0.1) is 17.4 Å². The maximum absolute atomic E-state index is 15.3. The van der Waals surface area contributed by atoms with Gasteiger partial charge in [0.1, 0.15) is 28.7 Å². The summed E-state index contributed by atoms with van der Waals surface area (Å²) in [6, 6.07) is 6.51. The first-order valence-electron chi connectivity index (χ1n) is 11.3. The zero-order chi connectivity index (χ0) is 26.1. The predicted molar refractivity (Wildman–Crippen MR) is 128 cm³/mol. The fraction of sp³-hybridized carbons (Fsp3) is 0.400. The Morgan fingerprint density at radius 1 is 1.26 bits per heavy atom. The van der Waals surface area contributed by atoms with E-state index in [0.29, 0.717) is 12.0 Å². The molecule has 1 heterocycles. The molecule has 1 atom stereocenters. The Bertz CT molecular complexity index is 1290. The van der Waals surface area contributed by atoms with E-state index in [1.807, 2.05) is 6.92 Å². The largest absolute Gasteiger partial charge is 0.490 e. The maximum Gasteiger partial charge on any atom is 0.350 e. The van der Waals surface area contributed by atoms with Crippen LogP contribution >= 0.6 is 0 Å². The fourth-order valence-electron chi connectivity index (χ4n) is 3.76. The van der Waals surface area contributed by atoms with E-state index in [4.69, 9.17) is 4.74 Å².